The Morgan fingerprint density at radius 2 is 1.88 bits per heavy atom. The zero-order valence-electron chi connectivity index (χ0n) is 13.9. The standard InChI is InChI=1S/C17H21Cl2N3OS/c1-20-17-21-15(11-8-12(18)16(23-2)13(19)9-11)14(24-17)10-22-6-4-3-5-7-22/h8-9H,3-7,10H2,1-2H3,(H,20,21). The van der Waals surface area contributed by atoms with E-state index in [-0.39, 0.29) is 0 Å². The predicted molar refractivity (Wildman–Crippen MR) is 103 cm³/mol. The first-order valence-electron chi connectivity index (χ1n) is 8.05. The van der Waals surface area contributed by atoms with Crippen molar-refractivity contribution in [3.05, 3.63) is 27.1 Å². The Labute approximate surface area is 156 Å². The van der Waals surface area contributed by atoms with E-state index in [1.54, 1.807) is 18.4 Å². The Balaban J connectivity index is 1.96. The highest BCUT2D eigenvalue weighted by Gasteiger charge is 2.19. The molecule has 2 heterocycles. The molecule has 130 valence electrons. The molecular formula is C17H21Cl2N3OS. The summed E-state index contributed by atoms with van der Waals surface area (Å²) < 4.78 is 5.24. The maximum absolute atomic E-state index is 6.31. The first-order valence-corrected chi connectivity index (χ1v) is 9.63. The summed E-state index contributed by atoms with van der Waals surface area (Å²) in [6.07, 6.45) is 3.87. The normalized spacial score (nSPS) is 15.5. The summed E-state index contributed by atoms with van der Waals surface area (Å²) in [6.45, 7) is 3.21. The van der Waals surface area contributed by atoms with Gasteiger partial charge in [-0.15, -0.1) is 11.3 Å². The van der Waals surface area contributed by atoms with Crippen LogP contribution in [0.3, 0.4) is 0 Å². The molecule has 1 N–H and O–H groups in total. The fourth-order valence-electron chi connectivity index (χ4n) is 3.00. The molecule has 0 atom stereocenters. The number of nitrogens with one attached hydrogen (secondary N) is 1. The molecular weight excluding hydrogens is 365 g/mol. The van der Waals surface area contributed by atoms with Crippen molar-refractivity contribution in [3.8, 4) is 17.0 Å². The smallest absolute Gasteiger partial charge is 0.183 e. The van der Waals surface area contributed by atoms with Crippen molar-refractivity contribution in [2.75, 3.05) is 32.6 Å². The van der Waals surface area contributed by atoms with Crippen molar-refractivity contribution in [1.29, 1.82) is 0 Å². The quantitative estimate of drug-likeness (QED) is 0.771. The molecule has 0 spiro atoms. The number of anilines is 1. The number of aromatic nitrogens is 1. The van der Waals surface area contributed by atoms with Crippen LogP contribution in [-0.4, -0.2) is 37.1 Å². The van der Waals surface area contributed by atoms with Gasteiger partial charge in [-0.1, -0.05) is 29.6 Å². The van der Waals surface area contributed by atoms with Gasteiger partial charge in [0.25, 0.3) is 0 Å². The summed E-state index contributed by atoms with van der Waals surface area (Å²) in [4.78, 5) is 8.45. The molecule has 1 saturated heterocycles. The van der Waals surface area contributed by atoms with Crippen LogP contribution in [0.25, 0.3) is 11.3 Å². The van der Waals surface area contributed by atoms with Crippen LogP contribution < -0.4 is 10.1 Å². The molecule has 0 bridgehead atoms. The number of nitrogens with zero attached hydrogens (tertiary/aromatic N) is 2. The molecule has 2 aromatic rings. The van der Waals surface area contributed by atoms with E-state index in [2.05, 4.69) is 10.2 Å². The lowest BCUT2D eigenvalue weighted by Gasteiger charge is -2.26. The third-order valence-electron chi connectivity index (χ3n) is 4.20. The van der Waals surface area contributed by atoms with Gasteiger partial charge < -0.3 is 10.1 Å². The van der Waals surface area contributed by atoms with Crippen LogP contribution in [0, 0.1) is 0 Å². The second kappa shape index (κ2) is 7.91. The van der Waals surface area contributed by atoms with E-state index < -0.39 is 0 Å². The van der Waals surface area contributed by atoms with Gasteiger partial charge in [0.2, 0.25) is 0 Å². The second-order valence-electron chi connectivity index (χ2n) is 5.85. The Hall–Kier alpha value is -1.01. The average molecular weight is 386 g/mol. The number of piperidine rings is 1. The summed E-state index contributed by atoms with van der Waals surface area (Å²) in [7, 11) is 3.46. The van der Waals surface area contributed by atoms with Crippen molar-refractivity contribution in [3.63, 3.8) is 0 Å². The predicted octanol–water partition coefficient (Wildman–Crippen LogP) is 5.15. The Bertz CT molecular complexity index is 691. The van der Waals surface area contributed by atoms with E-state index in [4.69, 9.17) is 32.9 Å². The second-order valence-corrected chi connectivity index (χ2v) is 7.75. The molecule has 0 radical (unpaired) electrons. The number of methoxy groups -OCH3 is 1. The number of halogens is 2. The van der Waals surface area contributed by atoms with Gasteiger partial charge in [0, 0.05) is 24.0 Å². The maximum atomic E-state index is 6.31. The molecule has 3 rings (SSSR count). The first-order chi connectivity index (χ1) is 11.6. The number of hydrogen-bond donors (Lipinski definition) is 1. The van der Waals surface area contributed by atoms with Crippen molar-refractivity contribution < 1.29 is 4.74 Å². The van der Waals surface area contributed by atoms with Crippen molar-refractivity contribution in [2.24, 2.45) is 0 Å². The van der Waals surface area contributed by atoms with Crippen LogP contribution in [0.15, 0.2) is 12.1 Å². The van der Waals surface area contributed by atoms with E-state index >= 15 is 0 Å². The average Bonchev–Trinajstić information content (AvgIpc) is 2.98. The van der Waals surface area contributed by atoms with Gasteiger partial charge in [0.05, 0.1) is 22.8 Å². The van der Waals surface area contributed by atoms with Crippen LogP contribution in [0.4, 0.5) is 5.13 Å². The minimum absolute atomic E-state index is 0.503. The molecule has 0 saturated carbocycles. The summed E-state index contributed by atoms with van der Waals surface area (Å²) in [6, 6.07) is 3.75. The van der Waals surface area contributed by atoms with Crippen molar-refractivity contribution >= 4 is 39.7 Å². The highest BCUT2D eigenvalue weighted by molar-refractivity contribution is 7.16. The monoisotopic (exact) mass is 385 g/mol. The minimum Gasteiger partial charge on any atom is -0.494 e. The number of rotatable bonds is 5. The van der Waals surface area contributed by atoms with Crippen LogP contribution in [0.5, 0.6) is 5.75 Å². The minimum atomic E-state index is 0.503. The highest BCUT2D eigenvalue weighted by Crippen LogP contribution is 2.40. The van der Waals surface area contributed by atoms with Crippen LogP contribution in [0.2, 0.25) is 10.0 Å². The molecule has 0 amide bonds. The topological polar surface area (TPSA) is 37.4 Å². The van der Waals surface area contributed by atoms with E-state index in [1.165, 1.54) is 24.1 Å². The molecule has 1 aliphatic heterocycles. The molecule has 24 heavy (non-hydrogen) atoms. The zero-order valence-corrected chi connectivity index (χ0v) is 16.2. The van der Waals surface area contributed by atoms with Crippen LogP contribution in [-0.2, 0) is 6.54 Å². The van der Waals surface area contributed by atoms with Crippen LogP contribution in [0.1, 0.15) is 24.1 Å². The SMILES string of the molecule is CNc1nc(-c2cc(Cl)c(OC)c(Cl)c2)c(CN2CCCCC2)s1. The molecule has 1 aromatic heterocycles. The molecule has 0 aliphatic carbocycles. The lowest BCUT2D eigenvalue weighted by Crippen LogP contribution is -2.28. The largest absolute Gasteiger partial charge is 0.494 e. The third-order valence-corrected chi connectivity index (χ3v) is 5.82. The molecule has 1 aliphatic rings. The number of hydrogen-bond acceptors (Lipinski definition) is 5. The van der Waals surface area contributed by atoms with Crippen molar-refractivity contribution in [1.82, 2.24) is 9.88 Å². The van der Waals surface area contributed by atoms with Crippen molar-refractivity contribution in [2.45, 2.75) is 25.8 Å². The molecule has 0 unspecified atom stereocenters. The maximum Gasteiger partial charge on any atom is 0.183 e. The summed E-state index contributed by atoms with van der Waals surface area (Å²) >= 11 is 14.3. The Kier molecular flexibility index (Phi) is 5.87. The number of likely N-dealkylation sites (tertiary alicyclic amines) is 1. The fraction of sp³-hybridized carbons (Fsp3) is 0.471. The fourth-order valence-corrected chi connectivity index (χ4v) is 4.62. The van der Waals surface area contributed by atoms with Gasteiger partial charge in [-0.3, -0.25) is 4.90 Å². The molecule has 1 fully saturated rings. The first kappa shape index (κ1) is 17.8. The van der Waals surface area contributed by atoms with Gasteiger partial charge in [-0.25, -0.2) is 4.98 Å². The molecule has 1 aromatic carbocycles. The highest BCUT2D eigenvalue weighted by atomic mass is 35.5. The van der Waals surface area contributed by atoms with Crippen LogP contribution >= 0.6 is 34.5 Å². The van der Waals surface area contributed by atoms with Gasteiger partial charge in [-0.2, -0.15) is 0 Å². The van der Waals surface area contributed by atoms with E-state index in [9.17, 15) is 0 Å². The Morgan fingerprint density at radius 3 is 2.46 bits per heavy atom. The lowest BCUT2D eigenvalue weighted by atomic mass is 10.1. The number of ether oxygens (including phenoxy) is 1. The molecule has 4 nitrogen and oxygen atoms in total. The van der Waals surface area contributed by atoms with E-state index in [1.807, 2.05) is 19.2 Å². The van der Waals surface area contributed by atoms with Gasteiger partial charge in [0.1, 0.15) is 0 Å². The lowest BCUT2D eigenvalue weighted by molar-refractivity contribution is 0.223. The summed E-state index contributed by atoms with van der Waals surface area (Å²) in [5, 5.41) is 5.05. The third kappa shape index (κ3) is 3.80. The zero-order chi connectivity index (χ0) is 17.1. The van der Waals surface area contributed by atoms with Gasteiger partial charge in [0.15, 0.2) is 10.9 Å². The Morgan fingerprint density at radius 1 is 1.21 bits per heavy atom. The van der Waals surface area contributed by atoms with E-state index in [0.717, 1.165) is 36.0 Å². The summed E-state index contributed by atoms with van der Waals surface area (Å²) in [5.74, 6) is 0.503. The van der Waals surface area contributed by atoms with Gasteiger partial charge in [-0.05, 0) is 38.1 Å². The van der Waals surface area contributed by atoms with Gasteiger partial charge >= 0.3 is 0 Å². The van der Waals surface area contributed by atoms with E-state index in [0.29, 0.717) is 15.8 Å². The molecule has 7 heteroatoms. The number of thiazole rings is 1. The number of benzene rings is 1. The summed E-state index contributed by atoms with van der Waals surface area (Å²) in [5.41, 5.74) is 1.87.